The second-order valence-electron chi connectivity index (χ2n) is 16.1. The second-order valence-corrected chi connectivity index (χ2v) is 16.1. The lowest BCUT2D eigenvalue weighted by Crippen LogP contribution is -2.00. The van der Waals surface area contributed by atoms with Gasteiger partial charge in [0.1, 0.15) is 0 Å². The Morgan fingerprint density at radius 1 is 0.385 bits per heavy atom. The highest BCUT2D eigenvalue weighted by Gasteiger charge is 2.20. The lowest BCUT2D eigenvalue weighted by Gasteiger charge is -2.17. The fourth-order valence-electron chi connectivity index (χ4n) is 9.52. The van der Waals surface area contributed by atoms with Crippen LogP contribution in [0.15, 0.2) is 243 Å². The van der Waals surface area contributed by atoms with Gasteiger partial charge in [-0.05, 0) is 100.0 Å². The fraction of sp³-hybridized carbons (Fsp3) is 0.0476. The van der Waals surface area contributed by atoms with Crippen molar-refractivity contribution in [1.29, 1.82) is 0 Å². The summed E-state index contributed by atoms with van der Waals surface area (Å²) >= 11 is 0. The summed E-state index contributed by atoms with van der Waals surface area (Å²) in [5.74, 6) is 0. The van der Waals surface area contributed by atoms with Crippen LogP contribution in [0.25, 0.3) is 105 Å². The quantitative estimate of drug-likeness (QED) is 0.128. The molecule has 0 atom stereocenters. The molecular weight excluding hydrogens is 785 g/mol. The zero-order valence-electron chi connectivity index (χ0n) is 37.1. The summed E-state index contributed by atoms with van der Waals surface area (Å²) in [7, 11) is 0. The van der Waals surface area contributed by atoms with Gasteiger partial charge in [0, 0.05) is 32.7 Å². The first kappa shape index (κ1) is 40.8. The van der Waals surface area contributed by atoms with E-state index in [1.807, 2.05) is 19.9 Å². The van der Waals surface area contributed by atoms with Gasteiger partial charge in [0.2, 0.25) is 0 Å². The fourth-order valence-corrected chi connectivity index (χ4v) is 9.52. The molecule has 2 aromatic heterocycles. The highest BCUT2D eigenvalue weighted by Crippen LogP contribution is 2.41. The number of para-hydroxylation sites is 3. The average molecular weight is 835 g/mol. The molecule has 2 nitrogen and oxygen atoms in total. The van der Waals surface area contributed by atoms with Crippen molar-refractivity contribution in [1.82, 2.24) is 9.13 Å². The SMILES string of the molecule is C=C/C=C(\C=C/C)c1ccc(-c2ccccc2)cc1-n1c2ccccc2c2cc(-c3ccc4c(c3)c3ccccc3n4-c3ccccc3-c3ccc(-c4ccccc4)cc3)ccc21.CC. The van der Waals surface area contributed by atoms with E-state index in [0.717, 1.165) is 28.0 Å². The smallest absolute Gasteiger partial charge is 0.0546 e. The van der Waals surface area contributed by atoms with Gasteiger partial charge in [-0.15, -0.1) is 0 Å². The monoisotopic (exact) mass is 834 g/mol. The summed E-state index contributed by atoms with van der Waals surface area (Å²) in [6.45, 7) is 10.1. The zero-order valence-corrected chi connectivity index (χ0v) is 37.1. The molecule has 2 heterocycles. The molecule has 0 fully saturated rings. The van der Waals surface area contributed by atoms with Crippen molar-refractivity contribution >= 4 is 49.2 Å². The van der Waals surface area contributed by atoms with Gasteiger partial charge in [0.15, 0.2) is 0 Å². The van der Waals surface area contributed by atoms with Crippen LogP contribution in [0.5, 0.6) is 0 Å². The van der Waals surface area contributed by atoms with E-state index in [9.17, 15) is 0 Å². The summed E-state index contributed by atoms with van der Waals surface area (Å²) in [6, 6.07) is 77.4. The molecule has 0 N–H and O–H groups in total. The number of nitrogens with zero attached hydrogens (tertiary/aromatic N) is 2. The topological polar surface area (TPSA) is 9.86 Å². The maximum absolute atomic E-state index is 4.07. The van der Waals surface area contributed by atoms with E-state index in [4.69, 9.17) is 0 Å². The molecule has 2 heteroatoms. The third-order valence-corrected chi connectivity index (χ3v) is 12.4. The molecule has 0 saturated carbocycles. The number of aromatic nitrogens is 2. The van der Waals surface area contributed by atoms with E-state index in [-0.39, 0.29) is 0 Å². The molecule has 312 valence electrons. The maximum atomic E-state index is 4.07. The van der Waals surface area contributed by atoms with E-state index >= 15 is 0 Å². The lowest BCUT2D eigenvalue weighted by atomic mass is 9.97. The van der Waals surface area contributed by atoms with Gasteiger partial charge in [0.25, 0.3) is 0 Å². The van der Waals surface area contributed by atoms with Gasteiger partial charge >= 0.3 is 0 Å². The average Bonchev–Trinajstić information content (AvgIpc) is 3.89. The van der Waals surface area contributed by atoms with Gasteiger partial charge in [-0.1, -0.05) is 209 Å². The molecule has 0 radical (unpaired) electrons. The van der Waals surface area contributed by atoms with Crippen LogP contribution in [0.4, 0.5) is 0 Å². The minimum absolute atomic E-state index is 1.11. The molecule has 9 aromatic carbocycles. The molecule has 0 amide bonds. The number of benzene rings is 9. The third kappa shape index (κ3) is 7.39. The van der Waals surface area contributed by atoms with E-state index in [2.05, 4.69) is 253 Å². The summed E-state index contributed by atoms with van der Waals surface area (Å²) in [4.78, 5) is 0. The summed E-state index contributed by atoms with van der Waals surface area (Å²) < 4.78 is 4.88. The highest BCUT2D eigenvalue weighted by atomic mass is 15.0. The molecule has 11 aromatic rings. The van der Waals surface area contributed by atoms with Crippen LogP contribution >= 0.6 is 0 Å². The van der Waals surface area contributed by atoms with Gasteiger partial charge < -0.3 is 9.13 Å². The molecule has 65 heavy (non-hydrogen) atoms. The summed E-state index contributed by atoms with van der Waals surface area (Å²) in [6.07, 6.45) is 8.24. The van der Waals surface area contributed by atoms with Gasteiger partial charge in [0.05, 0.1) is 33.4 Å². The van der Waals surface area contributed by atoms with Crippen molar-refractivity contribution < 1.29 is 0 Å². The molecule has 11 rings (SSSR count). The van der Waals surface area contributed by atoms with Crippen LogP contribution in [0.3, 0.4) is 0 Å². The normalized spacial score (nSPS) is 11.7. The van der Waals surface area contributed by atoms with Crippen LogP contribution < -0.4 is 0 Å². The Labute approximate surface area is 382 Å². The molecule has 0 spiro atoms. The van der Waals surface area contributed by atoms with Crippen LogP contribution in [-0.2, 0) is 0 Å². The summed E-state index contributed by atoms with van der Waals surface area (Å²) in [5.41, 5.74) is 18.8. The summed E-state index contributed by atoms with van der Waals surface area (Å²) in [5, 5.41) is 4.90. The van der Waals surface area contributed by atoms with Crippen molar-refractivity contribution in [2.45, 2.75) is 20.8 Å². The lowest BCUT2D eigenvalue weighted by molar-refractivity contribution is 1.17. The molecule has 0 aliphatic rings. The minimum Gasteiger partial charge on any atom is -0.309 e. The number of rotatable bonds is 9. The molecule has 0 aliphatic carbocycles. The Hall–Kier alpha value is -8.20. The van der Waals surface area contributed by atoms with Crippen LogP contribution in [0.2, 0.25) is 0 Å². The van der Waals surface area contributed by atoms with Crippen molar-refractivity contribution in [3.8, 4) is 55.9 Å². The minimum atomic E-state index is 1.11. The Bertz CT molecular complexity index is 3560. The number of fused-ring (bicyclic) bond motifs is 6. The molecule has 0 saturated heterocycles. The van der Waals surface area contributed by atoms with Crippen molar-refractivity contribution in [3.63, 3.8) is 0 Å². The predicted molar refractivity (Wildman–Crippen MR) is 281 cm³/mol. The van der Waals surface area contributed by atoms with E-state index in [0.29, 0.717) is 0 Å². The molecule has 0 bridgehead atoms. The Balaban J connectivity index is 0.00000246. The van der Waals surface area contributed by atoms with Crippen LogP contribution in [-0.4, -0.2) is 9.13 Å². The van der Waals surface area contributed by atoms with Gasteiger partial charge in [-0.25, -0.2) is 0 Å². The van der Waals surface area contributed by atoms with E-state index in [1.54, 1.807) is 0 Å². The van der Waals surface area contributed by atoms with Gasteiger partial charge in [-0.2, -0.15) is 0 Å². The Morgan fingerprint density at radius 3 is 1.40 bits per heavy atom. The zero-order chi connectivity index (χ0) is 44.3. The van der Waals surface area contributed by atoms with Gasteiger partial charge in [-0.3, -0.25) is 0 Å². The number of hydrogen-bond acceptors (Lipinski definition) is 0. The van der Waals surface area contributed by atoms with Crippen LogP contribution in [0, 0.1) is 0 Å². The maximum Gasteiger partial charge on any atom is 0.0546 e. The number of hydrogen-bond donors (Lipinski definition) is 0. The first-order valence-corrected chi connectivity index (χ1v) is 22.7. The van der Waals surface area contributed by atoms with E-state index < -0.39 is 0 Å². The second kappa shape index (κ2) is 17.9. The standard InChI is InChI=1S/C61H44N2.C2H6/c1-3-17-45(18-4-2)51-36-33-49(43-21-9-6-10-22-43)41-61(51)63-58-28-16-13-25-53(58)55-40-48(35-38-60(55)63)47-34-37-59-54(39-47)52-24-12-15-27-57(52)62(59)56-26-14-11-23-50(56)46-31-29-44(30-32-46)42-19-7-5-8-20-42;1-2/h3-41H,1H2,2H3;1-2H3/b18-4-,45-17+;. The first-order valence-electron chi connectivity index (χ1n) is 22.7. The Kier molecular flexibility index (Phi) is 11.2. The Morgan fingerprint density at radius 2 is 0.815 bits per heavy atom. The molecule has 0 unspecified atom stereocenters. The largest absolute Gasteiger partial charge is 0.309 e. The van der Waals surface area contributed by atoms with E-state index in [1.165, 1.54) is 82.6 Å². The first-order chi connectivity index (χ1) is 32.2. The number of allylic oxidation sites excluding steroid dienone is 5. The van der Waals surface area contributed by atoms with Crippen molar-refractivity contribution in [2.24, 2.45) is 0 Å². The van der Waals surface area contributed by atoms with Crippen LogP contribution in [0.1, 0.15) is 26.3 Å². The third-order valence-electron chi connectivity index (χ3n) is 12.4. The highest BCUT2D eigenvalue weighted by molar-refractivity contribution is 6.13. The molecule has 0 aliphatic heterocycles. The van der Waals surface area contributed by atoms with Crippen molar-refractivity contribution in [3.05, 3.63) is 249 Å². The molecular formula is C63H50N2. The predicted octanol–water partition coefficient (Wildman–Crippen LogP) is 17.7. The van der Waals surface area contributed by atoms with Crippen molar-refractivity contribution in [2.75, 3.05) is 0 Å².